The predicted molar refractivity (Wildman–Crippen MR) is 127 cm³/mol. The SMILES string of the molecule is CCOc1ncc(C(=O)c2cn(C(C)C)c3ncncc23)cc1CC(=O)Cn1nc(C(F)(F)F)cc1C. The van der Waals surface area contributed by atoms with Gasteiger partial charge in [0.25, 0.3) is 0 Å². The number of aryl methyl sites for hydroxylation is 1. The number of rotatable bonds is 9. The number of carbonyl (C=O) groups excluding carboxylic acids is 2. The van der Waals surface area contributed by atoms with Crippen LogP contribution in [0, 0.1) is 6.92 Å². The Hall–Kier alpha value is -4.09. The van der Waals surface area contributed by atoms with Gasteiger partial charge in [-0.15, -0.1) is 0 Å². The van der Waals surface area contributed by atoms with E-state index in [0.717, 1.165) is 10.7 Å². The summed E-state index contributed by atoms with van der Waals surface area (Å²) in [5.74, 6) is -0.577. The summed E-state index contributed by atoms with van der Waals surface area (Å²) in [6.45, 7) is 7.03. The quantitative estimate of drug-likeness (QED) is 0.306. The van der Waals surface area contributed by atoms with Crippen molar-refractivity contribution < 1.29 is 27.5 Å². The standard InChI is InChI=1S/C25H25F3N6O3/c1-5-37-24-16(8-18(35)11-34-15(4)6-21(32-34)25(26,27)28)7-17(9-30-24)22(36)20-12-33(14(2)3)23-19(20)10-29-13-31-23/h6-7,9-10,12-14H,5,8,11H2,1-4H3. The Morgan fingerprint density at radius 1 is 1.14 bits per heavy atom. The zero-order valence-electron chi connectivity index (χ0n) is 20.7. The van der Waals surface area contributed by atoms with Crippen LogP contribution in [0.4, 0.5) is 13.2 Å². The lowest BCUT2D eigenvalue weighted by atomic mass is 10.0. The van der Waals surface area contributed by atoms with Crippen LogP contribution in [0.3, 0.4) is 0 Å². The maximum atomic E-state index is 13.5. The van der Waals surface area contributed by atoms with E-state index in [2.05, 4.69) is 20.1 Å². The minimum atomic E-state index is -4.61. The van der Waals surface area contributed by atoms with Gasteiger partial charge in [0, 0.05) is 53.3 Å². The second-order valence-electron chi connectivity index (χ2n) is 8.80. The largest absolute Gasteiger partial charge is 0.478 e. The van der Waals surface area contributed by atoms with Gasteiger partial charge in [-0.1, -0.05) is 0 Å². The highest BCUT2D eigenvalue weighted by Gasteiger charge is 2.34. The van der Waals surface area contributed by atoms with Crippen molar-refractivity contribution in [2.45, 2.75) is 52.9 Å². The van der Waals surface area contributed by atoms with Gasteiger partial charge in [0.1, 0.15) is 18.5 Å². The number of ether oxygens (including phenoxy) is 1. The zero-order chi connectivity index (χ0) is 26.9. The summed E-state index contributed by atoms with van der Waals surface area (Å²) >= 11 is 0. The second kappa shape index (κ2) is 10.1. The molecule has 0 aromatic carbocycles. The van der Waals surface area contributed by atoms with Gasteiger partial charge in [-0.2, -0.15) is 18.3 Å². The molecule has 37 heavy (non-hydrogen) atoms. The Morgan fingerprint density at radius 3 is 2.54 bits per heavy atom. The number of pyridine rings is 1. The molecule has 0 aliphatic rings. The zero-order valence-corrected chi connectivity index (χ0v) is 20.7. The molecule has 0 unspecified atom stereocenters. The molecule has 0 fully saturated rings. The van der Waals surface area contributed by atoms with Gasteiger partial charge < -0.3 is 9.30 Å². The number of nitrogens with zero attached hydrogens (tertiary/aromatic N) is 6. The molecule has 0 radical (unpaired) electrons. The lowest BCUT2D eigenvalue weighted by molar-refractivity contribution is -0.141. The lowest BCUT2D eigenvalue weighted by Crippen LogP contribution is -2.17. The minimum Gasteiger partial charge on any atom is -0.478 e. The molecule has 4 aromatic rings. The maximum absolute atomic E-state index is 13.5. The number of halogens is 3. The first-order valence-electron chi connectivity index (χ1n) is 11.6. The summed E-state index contributed by atoms with van der Waals surface area (Å²) < 4.78 is 47.4. The van der Waals surface area contributed by atoms with Gasteiger partial charge in [0.05, 0.1) is 12.2 Å². The maximum Gasteiger partial charge on any atom is 0.435 e. The minimum absolute atomic E-state index is 0.0502. The summed E-state index contributed by atoms with van der Waals surface area (Å²) in [4.78, 5) is 38.9. The molecule has 0 atom stereocenters. The van der Waals surface area contributed by atoms with Gasteiger partial charge in [-0.3, -0.25) is 14.3 Å². The van der Waals surface area contributed by atoms with Crippen LogP contribution >= 0.6 is 0 Å². The molecule has 0 bridgehead atoms. The summed E-state index contributed by atoms with van der Waals surface area (Å²) in [5, 5.41) is 4.09. The van der Waals surface area contributed by atoms with E-state index < -0.39 is 17.7 Å². The Bertz CT molecular complexity index is 1470. The molecule has 0 amide bonds. The van der Waals surface area contributed by atoms with Gasteiger partial charge in [0.2, 0.25) is 5.88 Å². The van der Waals surface area contributed by atoms with Gasteiger partial charge in [-0.05, 0) is 39.8 Å². The van der Waals surface area contributed by atoms with Gasteiger partial charge in [0.15, 0.2) is 17.3 Å². The summed E-state index contributed by atoms with van der Waals surface area (Å²) in [7, 11) is 0. The van der Waals surface area contributed by atoms with Crippen LogP contribution in [-0.2, 0) is 23.9 Å². The van der Waals surface area contributed by atoms with E-state index in [1.807, 2.05) is 18.4 Å². The third-order valence-electron chi connectivity index (χ3n) is 5.75. The van der Waals surface area contributed by atoms with Crippen molar-refractivity contribution in [3.05, 3.63) is 65.1 Å². The number of aromatic nitrogens is 6. The van der Waals surface area contributed by atoms with E-state index in [1.54, 1.807) is 19.3 Å². The molecule has 9 nitrogen and oxygen atoms in total. The van der Waals surface area contributed by atoms with Crippen molar-refractivity contribution in [3.63, 3.8) is 0 Å². The molecule has 4 aromatic heterocycles. The molecule has 0 spiro atoms. The smallest absolute Gasteiger partial charge is 0.435 e. The highest BCUT2D eigenvalue weighted by atomic mass is 19.4. The van der Waals surface area contributed by atoms with Crippen LogP contribution in [0.2, 0.25) is 0 Å². The van der Waals surface area contributed by atoms with Crippen molar-refractivity contribution in [2.24, 2.45) is 0 Å². The number of alkyl halides is 3. The molecular formula is C25H25F3N6O3. The Labute approximate surface area is 210 Å². The second-order valence-corrected chi connectivity index (χ2v) is 8.80. The Balaban J connectivity index is 1.64. The normalized spacial score (nSPS) is 11.9. The van der Waals surface area contributed by atoms with Crippen LogP contribution < -0.4 is 4.74 Å². The highest BCUT2D eigenvalue weighted by molar-refractivity contribution is 6.16. The average Bonchev–Trinajstić information content (AvgIpc) is 3.41. The fourth-order valence-corrected chi connectivity index (χ4v) is 3.98. The first-order chi connectivity index (χ1) is 17.5. The highest BCUT2D eigenvalue weighted by Crippen LogP contribution is 2.29. The van der Waals surface area contributed by atoms with E-state index in [4.69, 9.17) is 4.74 Å². The number of fused-ring (bicyclic) bond motifs is 1. The molecule has 0 N–H and O–H groups in total. The van der Waals surface area contributed by atoms with Crippen molar-refractivity contribution >= 4 is 22.6 Å². The van der Waals surface area contributed by atoms with Crippen molar-refractivity contribution in [3.8, 4) is 5.88 Å². The molecule has 4 rings (SSSR count). The van der Waals surface area contributed by atoms with Crippen LogP contribution in [0.5, 0.6) is 5.88 Å². The number of carbonyl (C=O) groups is 2. The first-order valence-corrected chi connectivity index (χ1v) is 11.6. The summed E-state index contributed by atoms with van der Waals surface area (Å²) in [6.07, 6.45) is 1.26. The third-order valence-corrected chi connectivity index (χ3v) is 5.75. The summed E-state index contributed by atoms with van der Waals surface area (Å²) in [6, 6.07) is 2.46. The Morgan fingerprint density at radius 2 is 1.89 bits per heavy atom. The number of hydrogen-bond acceptors (Lipinski definition) is 7. The van der Waals surface area contributed by atoms with E-state index in [-0.39, 0.29) is 48.5 Å². The van der Waals surface area contributed by atoms with Crippen LogP contribution in [-0.4, -0.2) is 47.5 Å². The van der Waals surface area contributed by atoms with Crippen molar-refractivity contribution in [2.75, 3.05) is 6.61 Å². The molecule has 0 aliphatic heterocycles. The molecule has 194 valence electrons. The molecule has 12 heteroatoms. The molecule has 0 saturated carbocycles. The predicted octanol–water partition coefficient (Wildman–Crippen LogP) is 4.37. The fraction of sp³-hybridized carbons (Fsp3) is 0.360. The fourth-order valence-electron chi connectivity index (χ4n) is 3.98. The number of hydrogen-bond donors (Lipinski definition) is 0. The van der Waals surface area contributed by atoms with Crippen molar-refractivity contribution in [1.82, 2.24) is 29.3 Å². The van der Waals surface area contributed by atoms with Crippen LogP contribution in [0.15, 0.2) is 37.1 Å². The van der Waals surface area contributed by atoms with Crippen molar-refractivity contribution in [1.29, 1.82) is 0 Å². The average molecular weight is 515 g/mol. The number of Topliss-reactive ketones (excluding diaryl/α,β-unsaturated/α-hetero) is 1. The van der Waals surface area contributed by atoms with E-state index >= 15 is 0 Å². The topological polar surface area (TPSA) is 105 Å². The first kappa shape index (κ1) is 26.0. The van der Waals surface area contributed by atoms with Crippen LogP contribution in [0.1, 0.15) is 59.7 Å². The summed E-state index contributed by atoms with van der Waals surface area (Å²) in [5.41, 5.74) is 0.730. The third kappa shape index (κ3) is 5.37. The monoisotopic (exact) mass is 514 g/mol. The van der Waals surface area contributed by atoms with Crippen LogP contribution in [0.25, 0.3) is 11.0 Å². The lowest BCUT2D eigenvalue weighted by Gasteiger charge is -2.11. The molecule has 4 heterocycles. The molecular weight excluding hydrogens is 489 g/mol. The van der Waals surface area contributed by atoms with Gasteiger partial charge >= 0.3 is 6.18 Å². The number of ketones is 2. The van der Waals surface area contributed by atoms with Gasteiger partial charge in [-0.25, -0.2) is 15.0 Å². The van der Waals surface area contributed by atoms with E-state index in [9.17, 15) is 22.8 Å². The Kier molecular flexibility index (Phi) is 7.10. The van der Waals surface area contributed by atoms with E-state index in [0.29, 0.717) is 22.2 Å². The molecule has 0 aliphatic carbocycles. The molecule has 0 saturated heterocycles. The van der Waals surface area contributed by atoms with E-state index in [1.165, 1.54) is 25.5 Å².